The third kappa shape index (κ3) is 6.33. The van der Waals surface area contributed by atoms with Crippen molar-refractivity contribution in [3.05, 3.63) is 66.2 Å². The average molecular weight is 438 g/mol. The summed E-state index contributed by atoms with van der Waals surface area (Å²) in [5.41, 5.74) is 1.76. The van der Waals surface area contributed by atoms with E-state index in [2.05, 4.69) is 5.32 Å². The van der Waals surface area contributed by atoms with E-state index in [-0.39, 0.29) is 23.8 Å². The van der Waals surface area contributed by atoms with E-state index < -0.39 is 5.92 Å². The largest absolute Gasteiger partial charge is 0.469 e. The van der Waals surface area contributed by atoms with E-state index >= 15 is 0 Å². The standard InChI is InChI=1S/C25H31N3O4/c1-19(24(30)32-2)17-28(18-20-9-5-3-6-10-20)23(29)21-13-15-27(16-14-21)25(31)26-22-11-7-4-8-12-22/h3-12,19,21H,13-18H2,1-2H3,(H,26,31). The number of anilines is 1. The van der Waals surface area contributed by atoms with Crippen LogP contribution in [0.2, 0.25) is 0 Å². The predicted molar refractivity (Wildman–Crippen MR) is 123 cm³/mol. The number of hydrogen-bond acceptors (Lipinski definition) is 4. The Hall–Kier alpha value is -3.35. The van der Waals surface area contributed by atoms with Gasteiger partial charge in [0.1, 0.15) is 0 Å². The number of methoxy groups -OCH3 is 1. The Morgan fingerprint density at radius 1 is 1.03 bits per heavy atom. The smallest absolute Gasteiger partial charge is 0.321 e. The van der Waals surface area contributed by atoms with E-state index in [1.165, 1.54) is 7.11 Å². The molecule has 1 N–H and O–H groups in total. The van der Waals surface area contributed by atoms with Crippen molar-refractivity contribution >= 4 is 23.6 Å². The van der Waals surface area contributed by atoms with Gasteiger partial charge in [-0.3, -0.25) is 9.59 Å². The maximum Gasteiger partial charge on any atom is 0.321 e. The summed E-state index contributed by atoms with van der Waals surface area (Å²) in [7, 11) is 1.36. The summed E-state index contributed by atoms with van der Waals surface area (Å²) in [6.07, 6.45) is 1.19. The first-order chi connectivity index (χ1) is 15.5. The van der Waals surface area contributed by atoms with Crippen LogP contribution in [0.15, 0.2) is 60.7 Å². The number of nitrogens with zero attached hydrogens (tertiary/aromatic N) is 2. The van der Waals surface area contributed by atoms with E-state index in [0.29, 0.717) is 39.0 Å². The van der Waals surface area contributed by atoms with Crippen LogP contribution in [0.3, 0.4) is 0 Å². The molecule has 7 heteroatoms. The second-order valence-electron chi connectivity index (χ2n) is 8.19. The van der Waals surface area contributed by atoms with Crippen LogP contribution < -0.4 is 5.32 Å². The number of ether oxygens (including phenoxy) is 1. The molecule has 3 rings (SSSR count). The number of carbonyl (C=O) groups is 3. The molecule has 1 saturated heterocycles. The lowest BCUT2D eigenvalue weighted by Crippen LogP contribution is -2.46. The Labute approximate surface area is 189 Å². The quantitative estimate of drug-likeness (QED) is 0.669. The Bertz CT molecular complexity index is 896. The molecule has 0 aliphatic carbocycles. The highest BCUT2D eigenvalue weighted by Gasteiger charge is 2.32. The highest BCUT2D eigenvalue weighted by molar-refractivity contribution is 5.89. The minimum Gasteiger partial charge on any atom is -0.469 e. The van der Waals surface area contributed by atoms with Gasteiger partial charge in [-0.1, -0.05) is 55.5 Å². The van der Waals surface area contributed by atoms with Gasteiger partial charge in [-0.2, -0.15) is 0 Å². The van der Waals surface area contributed by atoms with Gasteiger partial charge in [-0.05, 0) is 30.5 Å². The number of likely N-dealkylation sites (tertiary alicyclic amines) is 1. The molecule has 0 aromatic heterocycles. The van der Waals surface area contributed by atoms with Gasteiger partial charge in [-0.15, -0.1) is 0 Å². The number of hydrogen-bond donors (Lipinski definition) is 1. The van der Waals surface area contributed by atoms with Crippen LogP contribution in [0.1, 0.15) is 25.3 Å². The van der Waals surface area contributed by atoms with Crippen molar-refractivity contribution in [2.24, 2.45) is 11.8 Å². The van der Waals surface area contributed by atoms with Gasteiger partial charge in [0.05, 0.1) is 13.0 Å². The molecule has 1 fully saturated rings. The maximum atomic E-state index is 13.4. The molecule has 1 aliphatic heterocycles. The molecular formula is C25H31N3O4. The Morgan fingerprint density at radius 2 is 1.62 bits per heavy atom. The molecule has 0 saturated carbocycles. The molecule has 32 heavy (non-hydrogen) atoms. The zero-order valence-corrected chi connectivity index (χ0v) is 18.7. The molecule has 0 spiro atoms. The van der Waals surface area contributed by atoms with Gasteiger partial charge >= 0.3 is 12.0 Å². The van der Waals surface area contributed by atoms with E-state index in [9.17, 15) is 14.4 Å². The summed E-state index contributed by atoms with van der Waals surface area (Å²) in [4.78, 5) is 41.4. The summed E-state index contributed by atoms with van der Waals surface area (Å²) < 4.78 is 4.85. The lowest BCUT2D eigenvalue weighted by molar-refractivity contribution is -0.147. The number of piperidine rings is 1. The van der Waals surface area contributed by atoms with E-state index in [1.807, 2.05) is 60.7 Å². The molecule has 3 amide bonds. The van der Waals surface area contributed by atoms with Crippen molar-refractivity contribution in [3.8, 4) is 0 Å². The topological polar surface area (TPSA) is 79.0 Å². The molecule has 2 aromatic carbocycles. The SMILES string of the molecule is COC(=O)C(C)CN(Cc1ccccc1)C(=O)C1CCN(C(=O)Nc2ccccc2)CC1. The zero-order valence-electron chi connectivity index (χ0n) is 18.7. The summed E-state index contributed by atoms with van der Waals surface area (Å²) in [6.45, 7) is 3.54. The summed E-state index contributed by atoms with van der Waals surface area (Å²) >= 11 is 0. The highest BCUT2D eigenvalue weighted by atomic mass is 16.5. The monoisotopic (exact) mass is 437 g/mol. The molecule has 1 heterocycles. The molecule has 1 aliphatic rings. The summed E-state index contributed by atoms with van der Waals surface area (Å²) in [5, 5.41) is 2.90. The minimum absolute atomic E-state index is 0.0210. The van der Waals surface area contributed by atoms with Crippen LogP contribution in [0.25, 0.3) is 0 Å². The summed E-state index contributed by atoms with van der Waals surface area (Å²) in [6, 6.07) is 18.9. The number of amides is 3. The van der Waals surface area contributed by atoms with Crippen molar-refractivity contribution < 1.29 is 19.1 Å². The Morgan fingerprint density at radius 3 is 2.22 bits per heavy atom. The number of urea groups is 1. The second-order valence-corrected chi connectivity index (χ2v) is 8.19. The maximum absolute atomic E-state index is 13.4. The third-order valence-electron chi connectivity index (χ3n) is 5.78. The fourth-order valence-electron chi connectivity index (χ4n) is 3.95. The van der Waals surface area contributed by atoms with Gasteiger partial charge < -0.3 is 19.9 Å². The average Bonchev–Trinajstić information content (AvgIpc) is 2.84. The van der Waals surface area contributed by atoms with E-state index in [4.69, 9.17) is 4.74 Å². The molecule has 170 valence electrons. The second kappa shape index (κ2) is 11.3. The van der Waals surface area contributed by atoms with Crippen LogP contribution in [-0.4, -0.2) is 54.5 Å². The third-order valence-corrected chi connectivity index (χ3v) is 5.78. The zero-order chi connectivity index (χ0) is 22.9. The van der Waals surface area contributed by atoms with Gasteiger partial charge in [0.15, 0.2) is 0 Å². The van der Waals surface area contributed by atoms with Crippen molar-refractivity contribution in [2.75, 3.05) is 32.1 Å². The number of benzene rings is 2. The molecular weight excluding hydrogens is 406 g/mol. The Balaban J connectivity index is 1.60. The first-order valence-corrected chi connectivity index (χ1v) is 11.0. The summed E-state index contributed by atoms with van der Waals surface area (Å²) in [5.74, 6) is -0.898. The first kappa shape index (κ1) is 23.3. The van der Waals surface area contributed by atoms with Gasteiger partial charge in [-0.25, -0.2) is 4.79 Å². The fourth-order valence-corrected chi connectivity index (χ4v) is 3.95. The molecule has 7 nitrogen and oxygen atoms in total. The Kier molecular flexibility index (Phi) is 8.25. The van der Waals surface area contributed by atoms with Crippen molar-refractivity contribution in [1.29, 1.82) is 0 Å². The van der Waals surface area contributed by atoms with Crippen LogP contribution in [0, 0.1) is 11.8 Å². The molecule has 2 aromatic rings. The van der Waals surface area contributed by atoms with Gasteiger partial charge in [0, 0.05) is 37.8 Å². The number of rotatable bonds is 7. The normalized spacial score (nSPS) is 15.0. The number of para-hydroxylation sites is 1. The van der Waals surface area contributed by atoms with Crippen LogP contribution in [0.4, 0.5) is 10.5 Å². The molecule has 0 bridgehead atoms. The molecule has 1 atom stereocenters. The number of nitrogens with one attached hydrogen (secondary N) is 1. The molecule has 0 radical (unpaired) electrons. The van der Waals surface area contributed by atoms with Crippen molar-refractivity contribution in [1.82, 2.24) is 9.80 Å². The van der Waals surface area contributed by atoms with Gasteiger partial charge in [0.2, 0.25) is 5.91 Å². The van der Waals surface area contributed by atoms with Crippen molar-refractivity contribution in [3.63, 3.8) is 0 Å². The fraction of sp³-hybridized carbons (Fsp3) is 0.400. The van der Waals surface area contributed by atoms with Crippen molar-refractivity contribution in [2.45, 2.75) is 26.3 Å². The van der Waals surface area contributed by atoms with E-state index in [0.717, 1.165) is 11.3 Å². The number of carbonyl (C=O) groups excluding carboxylic acids is 3. The predicted octanol–water partition coefficient (Wildman–Crippen LogP) is 3.77. The lowest BCUT2D eigenvalue weighted by atomic mass is 9.94. The molecule has 1 unspecified atom stereocenters. The van der Waals surface area contributed by atoms with Crippen LogP contribution in [-0.2, 0) is 20.9 Å². The first-order valence-electron chi connectivity index (χ1n) is 11.0. The highest BCUT2D eigenvalue weighted by Crippen LogP contribution is 2.22. The number of esters is 1. The van der Waals surface area contributed by atoms with E-state index in [1.54, 1.807) is 16.7 Å². The van der Waals surface area contributed by atoms with Crippen LogP contribution >= 0.6 is 0 Å². The van der Waals surface area contributed by atoms with Crippen LogP contribution in [0.5, 0.6) is 0 Å². The van der Waals surface area contributed by atoms with Gasteiger partial charge in [0.25, 0.3) is 0 Å². The minimum atomic E-state index is -0.413. The lowest BCUT2D eigenvalue weighted by Gasteiger charge is -2.35.